The van der Waals surface area contributed by atoms with Crippen LogP contribution in [-0.4, -0.2) is 54.6 Å². The largest absolute Gasteiger partial charge is 0.384 e. The average Bonchev–Trinajstić information content (AvgIpc) is 3.18. The van der Waals surface area contributed by atoms with Crippen molar-refractivity contribution in [2.75, 3.05) is 20.7 Å². The second-order valence-corrected chi connectivity index (χ2v) is 9.59. The minimum atomic E-state index is -1.49. The predicted octanol–water partition coefficient (Wildman–Crippen LogP) is 4.50. The molecule has 192 valence electrons. The Labute approximate surface area is 219 Å². The topological polar surface area (TPSA) is 75.0 Å². The van der Waals surface area contributed by atoms with E-state index in [1.54, 1.807) is 11.1 Å². The summed E-state index contributed by atoms with van der Waals surface area (Å²) in [5, 5.41) is 22.4. The first-order valence-corrected chi connectivity index (χ1v) is 12.5. The molecule has 1 N–H and O–H groups in total. The number of aliphatic hydroxyl groups is 1. The second-order valence-electron chi connectivity index (χ2n) is 9.59. The van der Waals surface area contributed by atoms with Crippen molar-refractivity contribution in [3.05, 3.63) is 119 Å². The molecule has 6 nitrogen and oxygen atoms in total. The number of nitrogens with zero attached hydrogens (tertiary/aromatic N) is 2. The van der Waals surface area contributed by atoms with Crippen LogP contribution in [0.5, 0.6) is 0 Å². The van der Waals surface area contributed by atoms with Crippen molar-refractivity contribution >= 4 is 0 Å². The molecule has 0 aromatic heterocycles. The Balaban J connectivity index is 1.65. The number of rotatable bonds is 11. The van der Waals surface area contributed by atoms with Crippen LogP contribution in [0.15, 0.2) is 103 Å². The van der Waals surface area contributed by atoms with Gasteiger partial charge < -0.3 is 24.2 Å². The van der Waals surface area contributed by atoms with Gasteiger partial charge in [-0.1, -0.05) is 91.0 Å². The van der Waals surface area contributed by atoms with Gasteiger partial charge in [-0.3, -0.25) is 0 Å². The SMILES string of the molecule is CN(C)C=C(C#N)[C@@H]1O[C@H](COCc2ccccc2)[C@@H](OCc2ccccc2)[C@]1(O)Cc1ccccc1. The quantitative estimate of drug-likeness (QED) is 0.393. The predicted molar refractivity (Wildman–Crippen MR) is 142 cm³/mol. The highest BCUT2D eigenvalue weighted by Gasteiger charge is 2.58. The lowest BCUT2D eigenvalue weighted by Gasteiger charge is -2.34. The minimum absolute atomic E-state index is 0.211. The number of ether oxygens (including phenoxy) is 3. The monoisotopic (exact) mass is 498 g/mol. The third kappa shape index (κ3) is 6.85. The summed E-state index contributed by atoms with van der Waals surface area (Å²) in [4.78, 5) is 1.78. The molecule has 0 saturated carbocycles. The summed E-state index contributed by atoms with van der Waals surface area (Å²) < 4.78 is 18.9. The van der Waals surface area contributed by atoms with Crippen LogP contribution in [0.4, 0.5) is 0 Å². The molecule has 3 aromatic rings. The van der Waals surface area contributed by atoms with Crippen LogP contribution in [0, 0.1) is 11.3 Å². The molecule has 0 amide bonds. The zero-order valence-electron chi connectivity index (χ0n) is 21.4. The first kappa shape index (κ1) is 26.6. The lowest BCUT2D eigenvalue weighted by molar-refractivity contribution is -0.110. The van der Waals surface area contributed by atoms with Crippen LogP contribution in [0.3, 0.4) is 0 Å². The highest BCUT2D eigenvalue weighted by molar-refractivity contribution is 5.34. The van der Waals surface area contributed by atoms with Gasteiger partial charge in [-0.25, -0.2) is 0 Å². The Morgan fingerprint density at radius 1 is 0.919 bits per heavy atom. The fourth-order valence-corrected chi connectivity index (χ4v) is 4.73. The maximum absolute atomic E-state index is 12.3. The third-order valence-electron chi connectivity index (χ3n) is 6.40. The molecule has 4 atom stereocenters. The zero-order chi connectivity index (χ0) is 26.1. The van der Waals surface area contributed by atoms with Gasteiger partial charge in [-0.15, -0.1) is 0 Å². The van der Waals surface area contributed by atoms with Crippen LogP contribution in [0.2, 0.25) is 0 Å². The normalized spacial score (nSPS) is 23.5. The van der Waals surface area contributed by atoms with Gasteiger partial charge in [0.25, 0.3) is 0 Å². The Hall–Kier alpha value is -3.47. The molecule has 0 unspecified atom stereocenters. The van der Waals surface area contributed by atoms with Crippen molar-refractivity contribution in [1.82, 2.24) is 4.90 Å². The standard InChI is InChI=1S/C31H34N2O4/c1-33(2)20-27(19-32)29-31(34,18-24-12-6-3-7-13-24)30(36-22-26-16-10-5-11-17-26)28(37-29)23-35-21-25-14-8-4-9-15-25/h3-17,20,28-30,34H,18,21-23H2,1-2H3/t28-,29+,30-,31+/m1/s1. The summed E-state index contributed by atoms with van der Waals surface area (Å²) in [6.07, 6.45) is -0.231. The second kappa shape index (κ2) is 12.7. The van der Waals surface area contributed by atoms with Crippen molar-refractivity contribution in [2.45, 2.75) is 43.5 Å². The van der Waals surface area contributed by atoms with Gasteiger partial charge in [0.1, 0.15) is 23.9 Å². The molecule has 0 spiro atoms. The average molecular weight is 499 g/mol. The molecule has 1 aliphatic rings. The molecule has 6 heteroatoms. The summed E-state index contributed by atoms with van der Waals surface area (Å²) in [5.41, 5.74) is 1.81. The fourth-order valence-electron chi connectivity index (χ4n) is 4.73. The molecule has 37 heavy (non-hydrogen) atoms. The molecule has 1 aliphatic heterocycles. The molecular formula is C31H34N2O4. The maximum Gasteiger partial charge on any atom is 0.128 e. The minimum Gasteiger partial charge on any atom is -0.384 e. The van der Waals surface area contributed by atoms with Gasteiger partial charge in [0.05, 0.1) is 31.5 Å². The molecule has 4 rings (SSSR count). The molecule has 1 heterocycles. The van der Waals surface area contributed by atoms with E-state index in [1.807, 2.05) is 105 Å². The molecule has 1 saturated heterocycles. The van der Waals surface area contributed by atoms with Gasteiger partial charge in [0.15, 0.2) is 0 Å². The molecule has 0 aliphatic carbocycles. The fraction of sp³-hybridized carbons (Fsp3) is 0.323. The van der Waals surface area contributed by atoms with Gasteiger partial charge >= 0.3 is 0 Å². The Kier molecular flexibility index (Phi) is 9.10. The van der Waals surface area contributed by atoms with E-state index in [0.29, 0.717) is 18.8 Å². The molecule has 1 fully saturated rings. The number of hydrogen-bond acceptors (Lipinski definition) is 6. The van der Waals surface area contributed by atoms with E-state index in [1.165, 1.54) is 0 Å². The number of benzene rings is 3. The smallest absolute Gasteiger partial charge is 0.128 e. The van der Waals surface area contributed by atoms with E-state index in [0.717, 1.165) is 16.7 Å². The zero-order valence-corrected chi connectivity index (χ0v) is 21.4. The van der Waals surface area contributed by atoms with E-state index in [2.05, 4.69) is 6.07 Å². The van der Waals surface area contributed by atoms with E-state index in [4.69, 9.17) is 14.2 Å². The molecular weight excluding hydrogens is 464 g/mol. The van der Waals surface area contributed by atoms with E-state index in [9.17, 15) is 10.4 Å². The summed E-state index contributed by atoms with van der Waals surface area (Å²) in [6.45, 7) is 0.919. The summed E-state index contributed by atoms with van der Waals surface area (Å²) >= 11 is 0. The Morgan fingerprint density at radius 3 is 2.00 bits per heavy atom. The Morgan fingerprint density at radius 2 is 1.46 bits per heavy atom. The lowest BCUT2D eigenvalue weighted by atomic mass is 9.81. The Bertz CT molecular complexity index is 1180. The third-order valence-corrected chi connectivity index (χ3v) is 6.40. The molecule has 3 aromatic carbocycles. The van der Waals surface area contributed by atoms with Crippen molar-refractivity contribution in [3.63, 3.8) is 0 Å². The van der Waals surface area contributed by atoms with Crippen LogP contribution < -0.4 is 0 Å². The summed E-state index contributed by atoms with van der Waals surface area (Å²) in [6, 6.07) is 31.7. The number of nitriles is 1. The van der Waals surface area contributed by atoms with Crippen molar-refractivity contribution in [2.24, 2.45) is 0 Å². The first-order valence-electron chi connectivity index (χ1n) is 12.5. The van der Waals surface area contributed by atoms with Gasteiger partial charge in [0.2, 0.25) is 0 Å². The van der Waals surface area contributed by atoms with Gasteiger partial charge in [-0.2, -0.15) is 5.26 Å². The van der Waals surface area contributed by atoms with Crippen molar-refractivity contribution in [1.29, 1.82) is 5.26 Å². The van der Waals surface area contributed by atoms with Gasteiger partial charge in [-0.05, 0) is 16.7 Å². The molecule has 0 radical (unpaired) electrons. The summed E-state index contributed by atoms with van der Waals surface area (Å²) in [7, 11) is 3.68. The van der Waals surface area contributed by atoms with E-state index in [-0.39, 0.29) is 13.0 Å². The highest BCUT2D eigenvalue weighted by atomic mass is 16.6. The van der Waals surface area contributed by atoms with Crippen LogP contribution in [-0.2, 0) is 33.8 Å². The van der Waals surface area contributed by atoms with Crippen LogP contribution >= 0.6 is 0 Å². The van der Waals surface area contributed by atoms with E-state index < -0.39 is 23.9 Å². The van der Waals surface area contributed by atoms with Gasteiger partial charge in [0, 0.05) is 26.7 Å². The summed E-state index contributed by atoms with van der Waals surface area (Å²) in [5.74, 6) is 0. The number of hydrogen-bond donors (Lipinski definition) is 1. The molecule has 0 bridgehead atoms. The van der Waals surface area contributed by atoms with E-state index >= 15 is 0 Å². The van der Waals surface area contributed by atoms with Crippen LogP contribution in [0.1, 0.15) is 16.7 Å². The maximum atomic E-state index is 12.3. The highest BCUT2D eigenvalue weighted by Crippen LogP contribution is 2.40. The first-order chi connectivity index (χ1) is 18.0. The lowest BCUT2D eigenvalue weighted by Crippen LogP contribution is -2.52. The van der Waals surface area contributed by atoms with Crippen LogP contribution in [0.25, 0.3) is 0 Å². The van der Waals surface area contributed by atoms with Crippen molar-refractivity contribution < 1.29 is 19.3 Å². The van der Waals surface area contributed by atoms with Crippen molar-refractivity contribution in [3.8, 4) is 6.07 Å².